The van der Waals surface area contributed by atoms with Crippen molar-refractivity contribution in [1.29, 1.82) is 0 Å². The minimum absolute atomic E-state index is 0.0326. The number of likely N-dealkylation sites (tertiary alicyclic amines) is 2. The van der Waals surface area contributed by atoms with E-state index in [9.17, 15) is 9.59 Å². The third kappa shape index (κ3) is 4.49. The summed E-state index contributed by atoms with van der Waals surface area (Å²) in [7, 11) is 0. The van der Waals surface area contributed by atoms with Crippen molar-refractivity contribution in [3.8, 4) is 0 Å². The molecule has 7 nitrogen and oxygen atoms in total. The van der Waals surface area contributed by atoms with Gasteiger partial charge in [0.25, 0.3) is 5.91 Å². The first-order valence-corrected chi connectivity index (χ1v) is 10.5. The second-order valence-corrected chi connectivity index (χ2v) is 8.44. The summed E-state index contributed by atoms with van der Waals surface area (Å²) in [6, 6.07) is 6.36. The average molecular weight is 396 g/mol. The van der Waals surface area contributed by atoms with Gasteiger partial charge in [-0.25, -0.2) is 0 Å². The van der Waals surface area contributed by atoms with Crippen molar-refractivity contribution in [2.45, 2.75) is 52.6 Å². The molecule has 1 aromatic heterocycles. The number of aromatic nitrogens is 3. The maximum absolute atomic E-state index is 12.6. The third-order valence-corrected chi connectivity index (χ3v) is 6.09. The number of hydrogen-bond donors (Lipinski definition) is 0. The van der Waals surface area contributed by atoms with Crippen LogP contribution in [0.15, 0.2) is 24.4 Å². The van der Waals surface area contributed by atoms with E-state index in [4.69, 9.17) is 0 Å². The fourth-order valence-corrected chi connectivity index (χ4v) is 4.26. The molecule has 2 saturated heterocycles. The van der Waals surface area contributed by atoms with E-state index in [0.717, 1.165) is 31.5 Å². The summed E-state index contributed by atoms with van der Waals surface area (Å²) in [5.74, 6) is 0.335. The van der Waals surface area contributed by atoms with Crippen molar-refractivity contribution in [3.05, 3.63) is 46.8 Å². The molecule has 1 unspecified atom stereocenters. The van der Waals surface area contributed by atoms with Crippen LogP contribution in [0.5, 0.6) is 0 Å². The molecule has 154 valence electrons. The molecule has 2 fully saturated rings. The summed E-state index contributed by atoms with van der Waals surface area (Å²) in [5, 5.41) is 8.22. The summed E-state index contributed by atoms with van der Waals surface area (Å²) in [5.41, 5.74) is 4.08. The lowest BCUT2D eigenvalue weighted by molar-refractivity contribution is -0.128. The summed E-state index contributed by atoms with van der Waals surface area (Å²) in [6.45, 7) is 7.76. The minimum atomic E-state index is -0.0326. The molecule has 1 atom stereocenters. The van der Waals surface area contributed by atoms with Crippen LogP contribution in [0.4, 0.5) is 0 Å². The first kappa shape index (κ1) is 19.6. The average Bonchev–Trinajstić information content (AvgIpc) is 3.32. The molecule has 0 spiro atoms. The predicted octanol–water partition coefficient (Wildman–Crippen LogP) is 2.57. The van der Waals surface area contributed by atoms with E-state index >= 15 is 0 Å². The zero-order chi connectivity index (χ0) is 20.4. The molecule has 3 heterocycles. The highest BCUT2D eigenvalue weighted by molar-refractivity contribution is 5.92. The molecule has 0 aliphatic carbocycles. The van der Waals surface area contributed by atoms with E-state index in [-0.39, 0.29) is 17.7 Å². The number of carbonyl (C=O) groups is 2. The SMILES string of the molecule is Cc1ccc(CN2CC(Cn3cc(C(=O)N4CCCCC4)nn3)CC2=O)cc1C. The zero-order valence-corrected chi connectivity index (χ0v) is 17.3. The predicted molar refractivity (Wildman–Crippen MR) is 109 cm³/mol. The molecule has 0 saturated carbocycles. The fraction of sp³-hybridized carbons (Fsp3) is 0.545. The number of aryl methyl sites for hydroxylation is 2. The van der Waals surface area contributed by atoms with Gasteiger partial charge in [0.05, 0.1) is 6.20 Å². The standard InChI is InChI=1S/C22H29N5O2/c1-16-6-7-18(10-17(16)2)12-26-13-19(11-21(26)28)14-27-15-20(23-24-27)22(29)25-8-4-3-5-9-25/h6-7,10,15,19H,3-5,8-9,11-14H2,1-2H3. The Balaban J connectivity index is 1.34. The first-order valence-electron chi connectivity index (χ1n) is 10.5. The quantitative estimate of drug-likeness (QED) is 0.780. The third-order valence-electron chi connectivity index (χ3n) is 6.09. The van der Waals surface area contributed by atoms with Gasteiger partial charge in [0.2, 0.25) is 5.91 Å². The van der Waals surface area contributed by atoms with E-state index in [1.54, 1.807) is 10.9 Å². The number of piperidine rings is 1. The van der Waals surface area contributed by atoms with E-state index in [1.165, 1.54) is 17.5 Å². The highest BCUT2D eigenvalue weighted by Gasteiger charge is 2.30. The van der Waals surface area contributed by atoms with Crippen LogP contribution >= 0.6 is 0 Å². The van der Waals surface area contributed by atoms with Gasteiger partial charge in [-0.3, -0.25) is 14.3 Å². The number of hydrogen-bond acceptors (Lipinski definition) is 4. The smallest absolute Gasteiger partial charge is 0.276 e. The first-order chi connectivity index (χ1) is 14.0. The topological polar surface area (TPSA) is 71.3 Å². The van der Waals surface area contributed by atoms with E-state index in [2.05, 4.69) is 42.4 Å². The van der Waals surface area contributed by atoms with Gasteiger partial charge in [0, 0.05) is 45.1 Å². The van der Waals surface area contributed by atoms with E-state index in [0.29, 0.717) is 31.7 Å². The minimum Gasteiger partial charge on any atom is -0.338 e. The van der Waals surface area contributed by atoms with Crippen LogP contribution in [-0.4, -0.2) is 56.2 Å². The Bertz CT molecular complexity index is 900. The molecule has 2 aromatic rings. The van der Waals surface area contributed by atoms with Crippen molar-refractivity contribution in [2.24, 2.45) is 5.92 Å². The molecular formula is C22H29N5O2. The molecule has 2 aliphatic rings. The molecule has 1 aromatic carbocycles. The molecule has 0 N–H and O–H groups in total. The van der Waals surface area contributed by atoms with Crippen molar-refractivity contribution >= 4 is 11.8 Å². The molecule has 0 radical (unpaired) electrons. The van der Waals surface area contributed by atoms with Crippen molar-refractivity contribution in [2.75, 3.05) is 19.6 Å². The van der Waals surface area contributed by atoms with Gasteiger partial charge in [-0.2, -0.15) is 0 Å². The van der Waals surface area contributed by atoms with Crippen LogP contribution in [0, 0.1) is 19.8 Å². The molecule has 0 bridgehead atoms. The molecule has 4 rings (SSSR count). The molecule has 2 aliphatic heterocycles. The van der Waals surface area contributed by atoms with Gasteiger partial charge in [-0.15, -0.1) is 5.10 Å². The summed E-state index contributed by atoms with van der Waals surface area (Å²) in [6.07, 6.45) is 5.54. The normalized spacial score (nSPS) is 19.8. The number of amides is 2. The second-order valence-electron chi connectivity index (χ2n) is 8.44. The van der Waals surface area contributed by atoms with Crippen LogP contribution in [0.3, 0.4) is 0 Å². The summed E-state index contributed by atoms with van der Waals surface area (Å²) >= 11 is 0. The Morgan fingerprint density at radius 2 is 1.93 bits per heavy atom. The molecular weight excluding hydrogens is 366 g/mol. The van der Waals surface area contributed by atoms with Crippen LogP contribution in [0.1, 0.15) is 52.9 Å². The van der Waals surface area contributed by atoms with Gasteiger partial charge in [0.15, 0.2) is 5.69 Å². The largest absolute Gasteiger partial charge is 0.338 e. The maximum Gasteiger partial charge on any atom is 0.276 e. The van der Waals surface area contributed by atoms with Gasteiger partial charge in [-0.1, -0.05) is 23.4 Å². The Kier molecular flexibility index (Phi) is 5.65. The Hall–Kier alpha value is -2.70. The van der Waals surface area contributed by atoms with E-state index < -0.39 is 0 Å². The number of carbonyl (C=O) groups excluding carboxylic acids is 2. The van der Waals surface area contributed by atoms with Crippen molar-refractivity contribution in [3.63, 3.8) is 0 Å². The molecule has 7 heteroatoms. The van der Waals surface area contributed by atoms with Gasteiger partial charge in [0.1, 0.15) is 0 Å². The number of benzene rings is 1. The lowest BCUT2D eigenvalue weighted by Gasteiger charge is -2.25. The van der Waals surface area contributed by atoms with Gasteiger partial charge >= 0.3 is 0 Å². The Morgan fingerprint density at radius 1 is 1.14 bits per heavy atom. The Labute approximate surface area is 171 Å². The maximum atomic E-state index is 12.6. The highest BCUT2D eigenvalue weighted by atomic mass is 16.2. The summed E-state index contributed by atoms with van der Waals surface area (Å²) in [4.78, 5) is 28.8. The van der Waals surface area contributed by atoms with Crippen molar-refractivity contribution in [1.82, 2.24) is 24.8 Å². The number of nitrogens with zero attached hydrogens (tertiary/aromatic N) is 5. The fourth-order valence-electron chi connectivity index (χ4n) is 4.26. The van der Waals surface area contributed by atoms with Gasteiger partial charge < -0.3 is 9.80 Å². The molecule has 2 amide bonds. The van der Waals surface area contributed by atoms with E-state index in [1.807, 2.05) is 9.80 Å². The Morgan fingerprint density at radius 3 is 2.69 bits per heavy atom. The lowest BCUT2D eigenvalue weighted by atomic mass is 10.1. The highest BCUT2D eigenvalue weighted by Crippen LogP contribution is 2.22. The second kappa shape index (κ2) is 8.35. The lowest BCUT2D eigenvalue weighted by Crippen LogP contribution is -2.35. The monoisotopic (exact) mass is 395 g/mol. The summed E-state index contributed by atoms with van der Waals surface area (Å²) < 4.78 is 1.72. The molecule has 29 heavy (non-hydrogen) atoms. The van der Waals surface area contributed by atoms with Crippen LogP contribution in [-0.2, 0) is 17.9 Å². The number of rotatable bonds is 5. The van der Waals surface area contributed by atoms with Crippen molar-refractivity contribution < 1.29 is 9.59 Å². The van der Waals surface area contributed by atoms with Crippen LogP contribution in [0.25, 0.3) is 0 Å². The van der Waals surface area contributed by atoms with Crippen LogP contribution < -0.4 is 0 Å². The zero-order valence-electron chi connectivity index (χ0n) is 17.3. The van der Waals surface area contributed by atoms with Gasteiger partial charge in [-0.05, 0) is 49.8 Å². The van der Waals surface area contributed by atoms with Crippen LogP contribution in [0.2, 0.25) is 0 Å².